The van der Waals surface area contributed by atoms with Gasteiger partial charge in [-0.2, -0.15) is 0 Å². The zero-order valence-electron chi connectivity index (χ0n) is 14.8. The molecule has 0 aromatic rings. The first-order valence-corrected chi connectivity index (χ1v) is 10.1. The number of sulfone groups is 1. The van der Waals surface area contributed by atoms with Gasteiger partial charge in [-0.15, -0.1) is 0 Å². The molecule has 0 unspecified atom stereocenters. The Morgan fingerprint density at radius 3 is 1.62 bits per heavy atom. The van der Waals surface area contributed by atoms with Gasteiger partial charge in [0.1, 0.15) is 0 Å². The van der Waals surface area contributed by atoms with Crippen LogP contribution in [0.25, 0.3) is 0 Å². The number of hydrogen-bond acceptors (Lipinski definition) is 4. The van der Waals surface area contributed by atoms with Crippen molar-refractivity contribution in [3.05, 3.63) is 0 Å². The van der Waals surface area contributed by atoms with E-state index in [0.29, 0.717) is 0 Å². The molecule has 0 radical (unpaired) electrons. The second kappa shape index (κ2) is 6.97. The molecule has 4 nitrogen and oxygen atoms in total. The van der Waals surface area contributed by atoms with Gasteiger partial charge in [0.2, 0.25) is 0 Å². The van der Waals surface area contributed by atoms with Crippen molar-refractivity contribution in [3.8, 4) is 0 Å². The van der Waals surface area contributed by atoms with Crippen LogP contribution in [-0.2, 0) is 9.84 Å². The molecule has 0 spiro atoms. The summed E-state index contributed by atoms with van der Waals surface area (Å²) < 4.78 is 24.5. The lowest BCUT2D eigenvalue weighted by Crippen LogP contribution is -2.70. The zero-order chi connectivity index (χ0) is 16.3. The van der Waals surface area contributed by atoms with Crippen LogP contribution in [0.2, 0.25) is 0 Å². The standard InChI is InChI=1S/C16H34N2O2S/c1-7-9-11-17(12-10-8-2)18-15(3,4)13-21(19,20)14-16(18,5)6/h7-14H2,1-6H3. The molecular weight excluding hydrogens is 284 g/mol. The van der Waals surface area contributed by atoms with Crippen LogP contribution < -0.4 is 0 Å². The van der Waals surface area contributed by atoms with Crippen LogP contribution in [0.1, 0.15) is 67.2 Å². The predicted octanol–water partition coefficient (Wildman–Crippen LogP) is 3.09. The quantitative estimate of drug-likeness (QED) is 0.723. The largest absolute Gasteiger partial charge is 0.241 e. The highest BCUT2D eigenvalue weighted by Crippen LogP contribution is 2.35. The molecule has 1 aliphatic rings. The monoisotopic (exact) mass is 318 g/mol. The maximum Gasteiger partial charge on any atom is 0.154 e. The van der Waals surface area contributed by atoms with E-state index in [9.17, 15) is 8.42 Å². The first-order chi connectivity index (χ1) is 9.56. The lowest BCUT2D eigenvalue weighted by atomic mass is 9.97. The Balaban J connectivity index is 3.07. The Bertz CT molecular complexity index is 398. The fourth-order valence-corrected chi connectivity index (χ4v) is 6.33. The lowest BCUT2D eigenvalue weighted by Gasteiger charge is -2.56. The summed E-state index contributed by atoms with van der Waals surface area (Å²) in [7, 11) is -2.97. The van der Waals surface area contributed by atoms with E-state index in [2.05, 4.69) is 51.6 Å². The van der Waals surface area contributed by atoms with E-state index >= 15 is 0 Å². The Morgan fingerprint density at radius 1 is 0.905 bits per heavy atom. The summed E-state index contributed by atoms with van der Waals surface area (Å²) in [5, 5.41) is 4.79. The van der Waals surface area contributed by atoms with Gasteiger partial charge in [-0.3, -0.25) is 0 Å². The van der Waals surface area contributed by atoms with Crippen LogP contribution in [0.15, 0.2) is 0 Å². The van der Waals surface area contributed by atoms with Gasteiger partial charge in [-0.25, -0.2) is 18.4 Å². The smallest absolute Gasteiger partial charge is 0.154 e. The molecule has 0 saturated carbocycles. The third kappa shape index (κ3) is 4.93. The minimum absolute atomic E-state index is 0.248. The number of nitrogens with zero attached hydrogens (tertiary/aromatic N) is 2. The van der Waals surface area contributed by atoms with Crippen LogP contribution in [0.4, 0.5) is 0 Å². The van der Waals surface area contributed by atoms with Crippen molar-refractivity contribution in [2.75, 3.05) is 24.6 Å². The van der Waals surface area contributed by atoms with Gasteiger partial charge in [-0.05, 0) is 40.5 Å². The fourth-order valence-electron chi connectivity index (χ4n) is 3.83. The molecule has 0 bridgehead atoms. The Labute approximate surface area is 131 Å². The van der Waals surface area contributed by atoms with E-state index in [-0.39, 0.29) is 22.6 Å². The van der Waals surface area contributed by atoms with Crippen molar-refractivity contribution in [1.29, 1.82) is 0 Å². The predicted molar refractivity (Wildman–Crippen MR) is 90.0 cm³/mol. The number of hydrogen-bond donors (Lipinski definition) is 0. The van der Waals surface area contributed by atoms with Crippen molar-refractivity contribution in [2.45, 2.75) is 78.3 Å². The highest BCUT2D eigenvalue weighted by Gasteiger charge is 2.50. The maximum atomic E-state index is 12.2. The van der Waals surface area contributed by atoms with E-state index in [1.54, 1.807) is 0 Å². The van der Waals surface area contributed by atoms with Crippen LogP contribution in [0.3, 0.4) is 0 Å². The molecule has 21 heavy (non-hydrogen) atoms. The summed E-state index contributed by atoms with van der Waals surface area (Å²) in [6.07, 6.45) is 4.63. The summed E-state index contributed by atoms with van der Waals surface area (Å²) in [4.78, 5) is 0. The van der Waals surface area contributed by atoms with Crippen molar-refractivity contribution in [3.63, 3.8) is 0 Å². The Hall–Kier alpha value is -0.130. The van der Waals surface area contributed by atoms with E-state index in [1.165, 1.54) is 0 Å². The highest BCUT2D eigenvalue weighted by atomic mass is 32.2. The molecule has 0 amide bonds. The van der Waals surface area contributed by atoms with Gasteiger partial charge >= 0.3 is 0 Å². The van der Waals surface area contributed by atoms with Gasteiger partial charge in [-0.1, -0.05) is 26.7 Å². The molecule has 0 aromatic heterocycles. The second-order valence-corrected chi connectivity index (χ2v) is 9.69. The van der Waals surface area contributed by atoms with Gasteiger partial charge in [0.25, 0.3) is 0 Å². The van der Waals surface area contributed by atoms with Gasteiger partial charge in [0.05, 0.1) is 11.5 Å². The van der Waals surface area contributed by atoms with Crippen molar-refractivity contribution in [2.24, 2.45) is 0 Å². The van der Waals surface area contributed by atoms with Crippen LogP contribution >= 0.6 is 0 Å². The second-order valence-electron chi connectivity index (χ2n) is 7.63. The first kappa shape index (κ1) is 18.9. The minimum atomic E-state index is -2.97. The summed E-state index contributed by atoms with van der Waals surface area (Å²) in [5.74, 6) is 0.496. The van der Waals surface area contributed by atoms with Gasteiger partial charge < -0.3 is 0 Å². The topological polar surface area (TPSA) is 40.6 Å². The Kier molecular flexibility index (Phi) is 6.28. The van der Waals surface area contributed by atoms with Crippen LogP contribution in [0, 0.1) is 0 Å². The van der Waals surface area contributed by atoms with E-state index < -0.39 is 9.84 Å². The maximum absolute atomic E-state index is 12.2. The van der Waals surface area contributed by atoms with Crippen LogP contribution in [0.5, 0.6) is 0 Å². The molecule has 1 saturated heterocycles. The highest BCUT2D eigenvalue weighted by molar-refractivity contribution is 7.91. The molecule has 1 aliphatic heterocycles. The summed E-state index contributed by atoms with van der Waals surface area (Å²) in [6, 6.07) is 0. The van der Waals surface area contributed by atoms with E-state index in [0.717, 1.165) is 38.8 Å². The summed E-state index contributed by atoms with van der Waals surface area (Å²) in [5.41, 5.74) is -0.690. The van der Waals surface area contributed by atoms with E-state index in [1.807, 2.05) is 0 Å². The van der Waals surface area contributed by atoms with Crippen molar-refractivity contribution >= 4 is 9.84 Å². The minimum Gasteiger partial charge on any atom is -0.241 e. The third-order valence-electron chi connectivity index (χ3n) is 4.12. The van der Waals surface area contributed by atoms with Gasteiger partial charge in [0, 0.05) is 24.2 Å². The number of rotatable bonds is 7. The van der Waals surface area contributed by atoms with Crippen LogP contribution in [-0.4, -0.2) is 54.1 Å². The molecule has 126 valence electrons. The van der Waals surface area contributed by atoms with Gasteiger partial charge in [0.15, 0.2) is 9.84 Å². The lowest BCUT2D eigenvalue weighted by molar-refractivity contribution is -0.152. The fraction of sp³-hybridized carbons (Fsp3) is 1.00. The molecule has 0 N–H and O–H groups in total. The molecular formula is C16H34N2O2S. The van der Waals surface area contributed by atoms with Crippen molar-refractivity contribution in [1.82, 2.24) is 10.0 Å². The van der Waals surface area contributed by atoms with Crippen molar-refractivity contribution < 1.29 is 8.42 Å². The molecule has 1 fully saturated rings. The molecule has 0 atom stereocenters. The van der Waals surface area contributed by atoms with E-state index in [4.69, 9.17) is 0 Å². The molecule has 1 heterocycles. The summed E-state index contributed by atoms with van der Waals surface area (Å²) in [6.45, 7) is 14.7. The third-order valence-corrected chi connectivity index (χ3v) is 6.41. The SMILES string of the molecule is CCCCN(CCCC)N1C(C)(C)CS(=O)(=O)CC1(C)C. The Morgan fingerprint density at radius 2 is 1.29 bits per heavy atom. The zero-order valence-corrected chi connectivity index (χ0v) is 15.6. The molecule has 1 rings (SSSR count). The molecule has 0 aliphatic carbocycles. The average molecular weight is 319 g/mol. The first-order valence-electron chi connectivity index (χ1n) is 8.31. The molecule has 5 heteroatoms. The normalized spacial score (nSPS) is 24.3. The molecule has 0 aromatic carbocycles. The summed E-state index contributed by atoms with van der Waals surface area (Å²) >= 11 is 0. The average Bonchev–Trinajstić information content (AvgIpc) is 2.27. The number of hydrazine groups is 1. The number of unbranched alkanes of at least 4 members (excludes halogenated alkanes) is 2.